The van der Waals surface area contributed by atoms with Crippen molar-refractivity contribution < 1.29 is 9.47 Å². The maximum Gasteiger partial charge on any atom is 0.124 e. The highest BCUT2D eigenvalue weighted by atomic mass is 32.1. The van der Waals surface area contributed by atoms with Gasteiger partial charge in [-0.15, -0.1) is 11.3 Å². The lowest BCUT2D eigenvalue weighted by atomic mass is 10.2. The molecular formula is C15H15NO2S. The summed E-state index contributed by atoms with van der Waals surface area (Å²) in [5.41, 5.74) is 0.537. The molecule has 4 heteroatoms. The van der Waals surface area contributed by atoms with Crippen molar-refractivity contribution in [3.8, 4) is 17.6 Å². The van der Waals surface area contributed by atoms with Gasteiger partial charge in [-0.2, -0.15) is 5.26 Å². The van der Waals surface area contributed by atoms with Gasteiger partial charge in [-0.1, -0.05) is 6.92 Å². The van der Waals surface area contributed by atoms with Crippen LogP contribution in [-0.2, 0) is 13.0 Å². The second-order valence-electron chi connectivity index (χ2n) is 4.02. The summed E-state index contributed by atoms with van der Waals surface area (Å²) in [4.78, 5) is 2.53. The number of thiophene rings is 1. The smallest absolute Gasteiger partial charge is 0.124 e. The molecule has 2 rings (SSSR count). The van der Waals surface area contributed by atoms with Crippen molar-refractivity contribution in [2.75, 3.05) is 7.11 Å². The molecule has 0 fully saturated rings. The zero-order valence-corrected chi connectivity index (χ0v) is 11.8. The van der Waals surface area contributed by atoms with Gasteiger partial charge >= 0.3 is 0 Å². The minimum Gasteiger partial charge on any atom is -0.497 e. The van der Waals surface area contributed by atoms with Crippen molar-refractivity contribution in [2.45, 2.75) is 20.0 Å². The van der Waals surface area contributed by atoms with Crippen LogP contribution in [-0.4, -0.2) is 7.11 Å². The van der Waals surface area contributed by atoms with Crippen LogP contribution in [0.2, 0.25) is 0 Å². The molecule has 0 atom stereocenters. The molecule has 0 aliphatic rings. The zero-order chi connectivity index (χ0) is 13.7. The van der Waals surface area contributed by atoms with Crippen LogP contribution < -0.4 is 9.47 Å². The number of ether oxygens (including phenoxy) is 2. The highest BCUT2D eigenvalue weighted by molar-refractivity contribution is 7.11. The molecule has 0 unspecified atom stereocenters. The maximum absolute atomic E-state index is 8.94. The van der Waals surface area contributed by atoms with Crippen molar-refractivity contribution >= 4 is 11.3 Å². The molecule has 2 aromatic rings. The molecule has 0 N–H and O–H groups in total. The van der Waals surface area contributed by atoms with Gasteiger partial charge in [-0.05, 0) is 30.7 Å². The summed E-state index contributed by atoms with van der Waals surface area (Å²) in [6.45, 7) is 2.65. The van der Waals surface area contributed by atoms with Crippen molar-refractivity contribution in [1.29, 1.82) is 5.26 Å². The number of benzene rings is 1. The van der Waals surface area contributed by atoms with Crippen LogP contribution in [0.1, 0.15) is 22.2 Å². The summed E-state index contributed by atoms with van der Waals surface area (Å²) in [5, 5.41) is 8.94. The largest absolute Gasteiger partial charge is 0.497 e. The first-order valence-corrected chi connectivity index (χ1v) is 6.86. The normalized spacial score (nSPS) is 9.95. The Morgan fingerprint density at radius 2 is 1.89 bits per heavy atom. The Morgan fingerprint density at radius 3 is 2.53 bits per heavy atom. The fraction of sp³-hybridized carbons (Fsp3) is 0.267. The minimum atomic E-state index is 0.517. The van der Waals surface area contributed by atoms with Crippen molar-refractivity contribution in [3.05, 3.63) is 45.6 Å². The highest BCUT2D eigenvalue weighted by Gasteiger charge is 2.04. The average Bonchev–Trinajstić information content (AvgIpc) is 2.92. The third kappa shape index (κ3) is 3.49. The molecule has 1 aromatic heterocycles. The third-order valence-corrected chi connectivity index (χ3v) is 3.89. The lowest BCUT2D eigenvalue weighted by Gasteiger charge is -2.07. The predicted molar refractivity (Wildman–Crippen MR) is 75.7 cm³/mol. The maximum atomic E-state index is 8.94. The molecule has 0 saturated carbocycles. The van der Waals surface area contributed by atoms with Crippen molar-refractivity contribution in [3.63, 3.8) is 0 Å². The number of nitriles is 1. The fourth-order valence-corrected chi connectivity index (χ4v) is 2.55. The second-order valence-corrected chi connectivity index (χ2v) is 5.27. The number of rotatable bonds is 5. The molecule has 0 aliphatic heterocycles. The standard InChI is InChI=1S/C15H15NO2S/c1-3-14-4-5-15(19-14)10-18-13-7-11(9-16)6-12(8-13)17-2/h4-8H,3,10H2,1-2H3. The van der Waals surface area contributed by atoms with Gasteiger partial charge in [0.25, 0.3) is 0 Å². The van der Waals surface area contributed by atoms with E-state index in [1.165, 1.54) is 9.75 Å². The average molecular weight is 273 g/mol. The monoisotopic (exact) mass is 273 g/mol. The van der Waals surface area contributed by atoms with E-state index in [0.29, 0.717) is 23.7 Å². The Morgan fingerprint density at radius 1 is 1.16 bits per heavy atom. The van der Waals surface area contributed by atoms with E-state index < -0.39 is 0 Å². The molecule has 98 valence electrons. The van der Waals surface area contributed by atoms with E-state index in [4.69, 9.17) is 14.7 Å². The molecule has 19 heavy (non-hydrogen) atoms. The van der Waals surface area contributed by atoms with Gasteiger partial charge in [0, 0.05) is 15.8 Å². The van der Waals surface area contributed by atoms with Gasteiger partial charge < -0.3 is 9.47 Å². The zero-order valence-electron chi connectivity index (χ0n) is 11.0. The third-order valence-electron chi connectivity index (χ3n) is 2.69. The topological polar surface area (TPSA) is 42.2 Å². The molecule has 0 amide bonds. The Balaban J connectivity index is 2.08. The van der Waals surface area contributed by atoms with E-state index in [-0.39, 0.29) is 0 Å². The summed E-state index contributed by atoms with van der Waals surface area (Å²) in [7, 11) is 1.58. The minimum absolute atomic E-state index is 0.517. The van der Waals surface area contributed by atoms with Gasteiger partial charge in [0.1, 0.15) is 18.1 Å². The molecule has 0 aliphatic carbocycles. The van der Waals surface area contributed by atoms with Crippen LogP contribution in [0.15, 0.2) is 30.3 Å². The first-order chi connectivity index (χ1) is 9.25. The Bertz CT molecular complexity index is 598. The van der Waals surface area contributed by atoms with Crippen molar-refractivity contribution in [1.82, 2.24) is 0 Å². The Labute approximate surface area is 117 Å². The van der Waals surface area contributed by atoms with Gasteiger partial charge in [0.15, 0.2) is 0 Å². The molecular weight excluding hydrogens is 258 g/mol. The molecule has 1 aromatic carbocycles. The molecule has 3 nitrogen and oxygen atoms in total. The quantitative estimate of drug-likeness (QED) is 0.832. The Kier molecular flexibility index (Phi) is 4.43. The van der Waals surface area contributed by atoms with Crippen LogP contribution in [0, 0.1) is 11.3 Å². The van der Waals surface area contributed by atoms with Gasteiger partial charge in [0.05, 0.1) is 18.7 Å². The lowest BCUT2D eigenvalue weighted by Crippen LogP contribution is -1.94. The summed E-state index contributed by atoms with van der Waals surface area (Å²) < 4.78 is 10.9. The number of methoxy groups -OCH3 is 1. The van der Waals surface area contributed by atoms with E-state index in [2.05, 4.69) is 25.1 Å². The molecule has 1 heterocycles. The van der Waals surface area contributed by atoms with Gasteiger partial charge in [-0.3, -0.25) is 0 Å². The molecule has 0 saturated heterocycles. The van der Waals surface area contributed by atoms with Gasteiger partial charge in [-0.25, -0.2) is 0 Å². The molecule has 0 spiro atoms. The SMILES string of the molecule is CCc1ccc(COc2cc(C#N)cc(OC)c2)s1. The number of hydrogen-bond donors (Lipinski definition) is 0. The van der Waals surface area contributed by atoms with Gasteiger partial charge in [0.2, 0.25) is 0 Å². The van der Waals surface area contributed by atoms with Crippen LogP contribution >= 0.6 is 11.3 Å². The number of nitrogens with zero attached hydrogens (tertiary/aromatic N) is 1. The summed E-state index contributed by atoms with van der Waals surface area (Å²) in [5.74, 6) is 1.29. The highest BCUT2D eigenvalue weighted by Crippen LogP contribution is 2.24. The van der Waals surface area contributed by atoms with Crippen LogP contribution in [0.3, 0.4) is 0 Å². The van der Waals surface area contributed by atoms with Crippen LogP contribution in [0.5, 0.6) is 11.5 Å². The van der Waals surface area contributed by atoms with Crippen LogP contribution in [0.25, 0.3) is 0 Å². The predicted octanol–water partition coefficient (Wildman–Crippen LogP) is 3.77. The van der Waals surface area contributed by atoms with E-state index >= 15 is 0 Å². The van der Waals surface area contributed by atoms with Crippen molar-refractivity contribution in [2.24, 2.45) is 0 Å². The lowest BCUT2D eigenvalue weighted by molar-refractivity contribution is 0.307. The fourth-order valence-electron chi connectivity index (χ4n) is 1.68. The molecule has 0 bridgehead atoms. The second kappa shape index (κ2) is 6.26. The van der Waals surface area contributed by atoms with E-state index in [1.54, 1.807) is 36.6 Å². The summed E-state index contributed by atoms with van der Waals surface area (Å²) in [6.07, 6.45) is 1.04. The molecule has 0 radical (unpaired) electrons. The number of hydrogen-bond acceptors (Lipinski definition) is 4. The first-order valence-electron chi connectivity index (χ1n) is 6.04. The summed E-state index contributed by atoms with van der Waals surface area (Å²) >= 11 is 1.75. The van der Waals surface area contributed by atoms with E-state index in [1.807, 2.05) is 0 Å². The van der Waals surface area contributed by atoms with E-state index in [0.717, 1.165) is 6.42 Å². The van der Waals surface area contributed by atoms with E-state index in [9.17, 15) is 0 Å². The first kappa shape index (κ1) is 13.4. The van der Waals surface area contributed by atoms with Crippen LogP contribution in [0.4, 0.5) is 0 Å². The number of aryl methyl sites for hydroxylation is 1. The Hall–Kier alpha value is -1.99. The summed E-state index contributed by atoms with van der Waals surface area (Å²) in [6, 6.07) is 11.5.